The van der Waals surface area contributed by atoms with E-state index in [1.165, 1.54) is 0 Å². The van der Waals surface area contributed by atoms with Crippen molar-refractivity contribution in [2.24, 2.45) is 5.92 Å². The number of carbonyl (C=O) groups excluding carboxylic acids is 2. The highest BCUT2D eigenvalue weighted by atomic mass is 16.2. The molecule has 0 fully saturated rings. The average molecular weight is 387 g/mol. The van der Waals surface area contributed by atoms with Gasteiger partial charge in [-0.15, -0.1) is 0 Å². The van der Waals surface area contributed by atoms with Gasteiger partial charge in [-0.25, -0.2) is 0 Å². The number of para-hydroxylation sites is 1. The smallest absolute Gasteiger partial charge is 0.252 e. The van der Waals surface area contributed by atoms with Gasteiger partial charge in [-0.2, -0.15) is 0 Å². The SMILES string of the molecule is CC(C)C(=O)Nc1ccc(CNC(=O)c2c3c(nc4ccccc24)CCC3)cc1. The second-order valence-electron chi connectivity index (χ2n) is 7.81. The summed E-state index contributed by atoms with van der Waals surface area (Å²) in [5.41, 5.74) is 5.53. The van der Waals surface area contributed by atoms with E-state index in [0.717, 1.165) is 58.2 Å². The van der Waals surface area contributed by atoms with Crippen molar-refractivity contribution >= 4 is 28.4 Å². The van der Waals surface area contributed by atoms with Crippen molar-refractivity contribution < 1.29 is 9.59 Å². The van der Waals surface area contributed by atoms with Gasteiger partial charge >= 0.3 is 0 Å². The van der Waals surface area contributed by atoms with Gasteiger partial charge in [0.15, 0.2) is 0 Å². The molecular weight excluding hydrogens is 362 g/mol. The van der Waals surface area contributed by atoms with E-state index in [0.29, 0.717) is 6.54 Å². The normalized spacial score (nSPS) is 12.8. The summed E-state index contributed by atoms with van der Waals surface area (Å²) < 4.78 is 0. The Morgan fingerprint density at radius 1 is 1.03 bits per heavy atom. The fraction of sp³-hybridized carbons (Fsp3) is 0.292. The summed E-state index contributed by atoms with van der Waals surface area (Å²) in [5.74, 6) is -0.130. The molecular formula is C24H25N3O2. The fourth-order valence-electron chi connectivity index (χ4n) is 3.73. The number of anilines is 1. The maximum Gasteiger partial charge on any atom is 0.252 e. The minimum atomic E-state index is -0.0640. The standard InChI is InChI=1S/C24H25N3O2/c1-15(2)23(28)26-17-12-10-16(11-13-17)14-25-24(29)22-18-6-3-4-8-20(18)27-21-9-5-7-19(21)22/h3-4,6,8,10-13,15H,5,7,9,14H2,1-2H3,(H,25,29)(H,26,28). The number of aromatic nitrogens is 1. The van der Waals surface area contributed by atoms with Crippen molar-refractivity contribution in [3.05, 3.63) is 70.9 Å². The molecule has 0 saturated carbocycles. The summed E-state index contributed by atoms with van der Waals surface area (Å²) in [6.45, 7) is 4.15. The lowest BCUT2D eigenvalue weighted by Crippen LogP contribution is -2.24. The van der Waals surface area contributed by atoms with Crippen LogP contribution in [0.25, 0.3) is 10.9 Å². The molecule has 0 aliphatic heterocycles. The van der Waals surface area contributed by atoms with Crippen LogP contribution in [0.4, 0.5) is 5.69 Å². The predicted octanol–water partition coefficient (Wildman–Crippen LogP) is 4.25. The number of amides is 2. The van der Waals surface area contributed by atoms with Crippen molar-refractivity contribution in [1.82, 2.24) is 10.3 Å². The van der Waals surface area contributed by atoms with E-state index in [2.05, 4.69) is 10.6 Å². The number of aryl methyl sites for hydroxylation is 1. The van der Waals surface area contributed by atoms with Crippen molar-refractivity contribution in [3.63, 3.8) is 0 Å². The largest absolute Gasteiger partial charge is 0.348 e. The summed E-state index contributed by atoms with van der Waals surface area (Å²) in [7, 11) is 0. The lowest BCUT2D eigenvalue weighted by atomic mass is 10.0. The molecule has 4 rings (SSSR count). The number of nitrogens with one attached hydrogen (secondary N) is 2. The molecule has 0 radical (unpaired) electrons. The quantitative estimate of drug-likeness (QED) is 0.688. The van der Waals surface area contributed by atoms with Crippen LogP contribution in [-0.2, 0) is 24.2 Å². The molecule has 0 atom stereocenters. The zero-order valence-electron chi connectivity index (χ0n) is 16.8. The van der Waals surface area contributed by atoms with Crippen LogP contribution in [0, 0.1) is 5.92 Å². The minimum Gasteiger partial charge on any atom is -0.348 e. The molecule has 5 heteroatoms. The van der Waals surface area contributed by atoms with E-state index in [4.69, 9.17) is 4.98 Å². The number of hydrogen-bond acceptors (Lipinski definition) is 3. The van der Waals surface area contributed by atoms with Gasteiger partial charge in [-0.3, -0.25) is 14.6 Å². The van der Waals surface area contributed by atoms with Crippen LogP contribution in [0.3, 0.4) is 0 Å². The molecule has 5 nitrogen and oxygen atoms in total. The summed E-state index contributed by atoms with van der Waals surface area (Å²) in [4.78, 5) is 29.6. The monoisotopic (exact) mass is 387 g/mol. The molecule has 148 valence electrons. The van der Waals surface area contributed by atoms with Crippen LogP contribution in [0.15, 0.2) is 48.5 Å². The molecule has 2 N–H and O–H groups in total. The minimum absolute atomic E-state index is 0.00975. The molecule has 1 aliphatic carbocycles. The van der Waals surface area contributed by atoms with Gasteiger partial charge in [0.2, 0.25) is 5.91 Å². The number of rotatable bonds is 5. The van der Waals surface area contributed by atoms with E-state index < -0.39 is 0 Å². The second-order valence-corrected chi connectivity index (χ2v) is 7.81. The van der Waals surface area contributed by atoms with Gasteiger partial charge in [-0.05, 0) is 48.6 Å². The highest BCUT2D eigenvalue weighted by Gasteiger charge is 2.23. The van der Waals surface area contributed by atoms with Gasteiger partial charge in [0.05, 0.1) is 11.1 Å². The summed E-state index contributed by atoms with van der Waals surface area (Å²) in [6.07, 6.45) is 2.88. The van der Waals surface area contributed by atoms with Gasteiger partial charge in [0, 0.05) is 29.2 Å². The first-order valence-corrected chi connectivity index (χ1v) is 10.1. The van der Waals surface area contributed by atoms with Crippen molar-refractivity contribution in [2.75, 3.05) is 5.32 Å². The topological polar surface area (TPSA) is 71.1 Å². The first-order valence-electron chi connectivity index (χ1n) is 10.1. The Labute approximate surface area is 170 Å². The van der Waals surface area contributed by atoms with Crippen LogP contribution in [0.1, 0.15) is 47.4 Å². The molecule has 0 bridgehead atoms. The second kappa shape index (κ2) is 8.03. The molecule has 1 aliphatic rings. The van der Waals surface area contributed by atoms with Gasteiger partial charge < -0.3 is 10.6 Å². The van der Waals surface area contributed by atoms with E-state index in [-0.39, 0.29) is 17.7 Å². The number of carbonyl (C=O) groups is 2. The van der Waals surface area contributed by atoms with E-state index >= 15 is 0 Å². The highest BCUT2D eigenvalue weighted by Crippen LogP contribution is 2.29. The third-order valence-corrected chi connectivity index (χ3v) is 5.35. The number of hydrogen-bond donors (Lipinski definition) is 2. The Hall–Kier alpha value is -3.21. The lowest BCUT2D eigenvalue weighted by Gasteiger charge is -2.13. The predicted molar refractivity (Wildman–Crippen MR) is 115 cm³/mol. The lowest BCUT2D eigenvalue weighted by molar-refractivity contribution is -0.118. The molecule has 3 aromatic rings. The van der Waals surface area contributed by atoms with Crippen LogP contribution in [0.5, 0.6) is 0 Å². The van der Waals surface area contributed by atoms with Gasteiger partial charge in [-0.1, -0.05) is 44.2 Å². The number of benzene rings is 2. The van der Waals surface area contributed by atoms with E-state index in [9.17, 15) is 9.59 Å². The Morgan fingerprint density at radius 3 is 2.55 bits per heavy atom. The summed E-state index contributed by atoms with van der Waals surface area (Å²) in [5, 5.41) is 6.85. The molecule has 1 heterocycles. The van der Waals surface area contributed by atoms with Crippen LogP contribution < -0.4 is 10.6 Å². The summed E-state index contributed by atoms with van der Waals surface area (Å²) >= 11 is 0. The van der Waals surface area contributed by atoms with Gasteiger partial charge in [0.25, 0.3) is 5.91 Å². The van der Waals surface area contributed by atoms with Gasteiger partial charge in [0.1, 0.15) is 0 Å². The van der Waals surface area contributed by atoms with Crippen molar-refractivity contribution in [3.8, 4) is 0 Å². The molecule has 2 amide bonds. The number of nitrogens with zero attached hydrogens (tertiary/aromatic N) is 1. The van der Waals surface area contributed by atoms with Crippen molar-refractivity contribution in [2.45, 2.75) is 39.7 Å². The first-order chi connectivity index (χ1) is 14.0. The Morgan fingerprint density at radius 2 is 1.79 bits per heavy atom. The Kier molecular flexibility index (Phi) is 5.30. The first kappa shape index (κ1) is 19.1. The van der Waals surface area contributed by atoms with Crippen LogP contribution in [-0.4, -0.2) is 16.8 Å². The third kappa shape index (κ3) is 3.99. The maximum absolute atomic E-state index is 13.1. The number of pyridine rings is 1. The fourth-order valence-corrected chi connectivity index (χ4v) is 3.73. The molecule has 1 aromatic heterocycles. The zero-order valence-corrected chi connectivity index (χ0v) is 16.8. The van der Waals surface area contributed by atoms with E-state index in [1.807, 2.05) is 62.4 Å². The average Bonchev–Trinajstić information content (AvgIpc) is 3.19. The highest BCUT2D eigenvalue weighted by molar-refractivity contribution is 6.07. The Balaban J connectivity index is 1.50. The molecule has 0 spiro atoms. The van der Waals surface area contributed by atoms with Crippen LogP contribution in [0.2, 0.25) is 0 Å². The molecule has 0 saturated heterocycles. The van der Waals surface area contributed by atoms with Crippen LogP contribution >= 0.6 is 0 Å². The maximum atomic E-state index is 13.1. The van der Waals surface area contributed by atoms with Crippen molar-refractivity contribution in [1.29, 1.82) is 0 Å². The third-order valence-electron chi connectivity index (χ3n) is 5.35. The molecule has 2 aromatic carbocycles. The summed E-state index contributed by atoms with van der Waals surface area (Å²) in [6, 6.07) is 15.4. The molecule has 29 heavy (non-hydrogen) atoms. The number of fused-ring (bicyclic) bond motifs is 2. The zero-order chi connectivity index (χ0) is 20.4. The molecule has 0 unspecified atom stereocenters. The van der Waals surface area contributed by atoms with E-state index in [1.54, 1.807) is 0 Å². The Bertz CT molecular complexity index is 1070.